The van der Waals surface area contributed by atoms with Gasteiger partial charge in [-0.3, -0.25) is 0 Å². The molecule has 1 aliphatic heterocycles. The summed E-state index contributed by atoms with van der Waals surface area (Å²) >= 11 is 0. The SMILES string of the molecule is COc1c(C2(N)CCCOCC2)ccc(C)c1C. The number of ether oxygens (including phenoxy) is 2. The average Bonchev–Trinajstić information content (AvgIpc) is 2.58. The minimum absolute atomic E-state index is 0.319. The van der Waals surface area contributed by atoms with Crippen LogP contribution in [0.3, 0.4) is 0 Å². The average molecular weight is 249 g/mol. The molecule has 1 heterocycles. The predicted octanol–water partition coefficient (Wildman–Crippen LogP) is 2.67. The fourth-order valence-corrected chi connectivity index (χ4v) is 2.69. The Kier molecular flexibility index (Phi) is 3.93. The molecule has 0 aromatic heterocycles. The van der Waals surface area contributed by atoms with Crippen molar-refractivity contribution in [2.24, 2.45) is 5.73 Å². The van der Waals surface area contributed by atoms with Crippen LogP contribution in [-0.4, -0.2) is 20.3 Å². The second-order valence-corrected chi connectivity index (χ2v) is 5.21. The van der Waals surface area contributed by atoms with Gasteiger partial charge in [-0.05, 0) is 44.2 Å². The van der Waals surface area contributed by atoms with Gasteiger partial charge < -0.3 is 15.2 Å². The Balaban J connectivity index is 2.45. The van der Waals surface area contributed by atoms with E-state index in [4.69, 9.17) is 15.2 Å². The molecule has 0 spiro atoms. The third-order valence-corrected chi connectivity index (χ3v) is 4.02. The van der Waals surface area contributed by atoms with Crippen molar-refractivity contribution in [3.8, 4) is 5.75 Å². The lowest BCUT2D eigenvalue weighted by Crippen LogP contribution is -2.37. The Morgan fingerprint density at radius 1 is 1.22 bits per heavy atom. The van der Waals surface area contributed by atoms with Gasteiger partial charge in [-0.15, -0.1) is 0 Å². The second-order valence-electron chi connectivity index (χ2n) is 5.21. The minimum Gasteiger partial charge on any atom is -0.496 e. The maximum absolute atomic E-state index is 6.62. The Morgan fingerprint density at radius 2 is 2.00 bits per heavy atom. The summed E-state index contributed by atoms with van der Waals surface area (Å²) in [5, 5.41) is 0. The molecule has 0 saturated carbocycles. The van der Waals surface area contributed by atoms with E-state index in [1.807, 2.05) is 0 Å². The number of hydrogen-bond acceptors (Lipinski definition) is 3. The van der Waals surface area contributed by atoms with Crippen LogP contribution in [0, 0.1) is 13.8 Å². The quantitative estimate of drug-likeness (QED) is 0.876. The number of methoxy groups -OCH3 is 1. The van der Waals surface area contributed by atoms with Crippen LogP contribution in [0.15, 0.2) is 12.1 Å². The Labute approximate surface area is 109 Å². The van der Waals surface area contributed by atoms with Gasteiger partial charge in [0, 0.05) is 24.3 Å². The molecule has 0 amide bonds. The van der Waals surface area contributed by atoms with E-state index in [2.05, 4.69) is 26.0 Å². The standard InChI is InChI=1S/C15H23NO2/c1-11-5-6-13(14(17-3)12(11)2)15(16)7-4-9-18-10-8-15/h5-6H,4,7-10,16H2,1-3H3. The third kappa shape index (κ3) is 2.38. The first-order valence-corrected chi connectivity index (χ1v) is 6.60. The van der Waals surface area contributed by atoms with E-state index in [-0.39, 0.29) is 5.54 Å². The first-order chi connectivity index (χ1) is 8.58. The van der Waals surface area contributed by atoms with E-state index in [0.29, 0.717) is 0 Å². The molecular weight excluding hydrogens is 226 g/mol. The van der Waals surface area contributed by atoms with E-state index in [0.717, 1.165) is 43.8 Å². The summed E-state index contributed by atoms with van der Waals surface area (Å²) < 4.78 is 11.1. The fourth-order valence-electron chi connectivity index (χ4n) is 2.69. The van der Waals surface area contributed by atoms with Crippen molar-refractivity contribution in [2.45, 2.75) is 38.6 Å². The first kappa shape index (κ1) is 13.4. The predicted molar refractivity (Wildman–Crippen MR) is 73.0 cm³/mol. The van der Waals surface area contributed by atoms with Gasteiger partial charge in [0.1, 0.15) is 5.75 Å². The van der Waals surface area contributed by atoms with Crippen molar-refractivity contribution in [2.75, 3.05) is 20.3 Å². The van der Waals surface area contributed by atoms with E-state index in [1.54, 1.807) is 7.11 Å². The zero-order valence-corrected chi connectivity index (χ0v) is 11.6. The molecule has 0 aliphatic carbocycles. The fraction of sp³-hybridized carbons (Fsp3) is 0.600. The monoisotopic (exact) mass is 249 g/mol. The molecule has 3 nitrogen and oxygen atoms in total. The van der Waals surface area contributed by atoms with Gasteiger partial charge in [0.2, 0.25) is 0 Å². The molecule has 1 atom stereocenters. The summed E-state index contributed by atoms with van der Waals surface area (Å²) in [7, 11) is 1.72. The van der Waals surface area contributed by atoms with E-state index >= 15 is 0 Å². The molecular formula is C15H23NO2. The first-order valence-electron chi connectivity index (χ1n) is 6.60. The number of hydrogen-bond donors (Lipinski definition) is 1. The van der Waals surface area contributed by atoms with Crippen molar-refractivity contribution in [1.82, 2.24) is 0 Å². The number of benzene rings is 1. The van der Waals surface area contributed by atoms with Crippen LogP contribution in [0.25, 0.3) is 0 Å². The molecule has 0 bridgehead atoms. The minimum atomic E-state index is -0.319. The zero-order valence-electron chi connectivity index (χ0n) is 11.6. The van der Waals surface area contributed by atoms with Crippen LogP contribution in [0.1, 0.15) is 36.0 Å². The van der Waals surface area contributed by atoms with Crippen molar-refractivity contribution in [3.05, 3.63) is 28.8 Å². The molecule has 1 unspecified atom stereocenters. The van der Waals surface area contributed by atoms with E-state index in [9.17, 15) is 0 Å². The number of aryl methyl sites for hydroxylation is 1. The number of rotatable bonds is 2. The lowest BCUT2D eigenvalue weighted by Gasteiger charge is -2.30. The summed E-state index contributed by atoms with van der Waals surface area (Å²) in [6, 6.07) is 4.25. The van der Waals surface area contributed by atoms with Crippen molar-refractivity contribution in [1.29, 1.82) is 0 Å². The molecule has 0 radical (unpaired) electrons. The molecule has 100 valence electrons. The topological polar surface area (TPSA) is 44.5 Å². The summed E-state index contributed by atoms with van der Waals surface area (Å²) in [4.78, 5) is 0. The molecule has 2 N–H and O–H groups in total. The van der Waals surface area contributed by atoms with Gasteiger partial charge in [0.25, 0.3) is 0 Å². The highest BCUT2D eigenvalue weighted by atomic mass is 16.5. The second kappa shape index (κ2) is 5.29. The van der Waals surface area contributed by atoms with Gasteiger partial charge in [-0.1, -0.05) is 12.1 Å². The molecule has 2 rings (SSSR count). The molecule has 1 saturated heterocycles. The van der Waals surface area contributed by atoms with Crippen LogP contribution in [0.2, 0.25) is 0 Å². The molecule has 1 aromatic rings. The third-order valence-electron chi connectivity index (χ3n) is 4.02. The summed E-state index contributed by atoms with van der Waals surface area (Å²) in [5.74, 6) is 0.944. The zero-order chi connectivity index (χ0) is 13.2. The summed E-state index contributed by atoms with van der Waals surface area (Å²) in [6.07, 6.45) is 2.81. The Morgan fingerprint density at radius 3 is 2.72 bits per heavy atom. The highest BCUT2D eigenvalue weighted by Crippen LogP contribution is 2.38. The molecule has 1 aliphatic rings. The van der Waals surface area contributed by atoms with Crippen LogP contribution in [0.5, 0.6) is 5.75 Å². The molecule has 3 heteroatoms. The molecule has 1 fully saturated rings. The maximum Gasteiger partial charge on any atom is 0.127 e. The number of nitrogens with two attached hydrogens (primary N) is 1. The van der Waals surface area contributed by atoms with Crippen molar-refractivity contribution >= 4 is 0 Å². The van der Waals surface area contributed by atoms with Crippen molar-refractivity contribution < 1.29 is 9.47 Å². The van der Waals surface area contributed by atoms with Gasteiger partial charge in [-0.25, -0.2) is 0 Å². The summed E-state index contributed by atoms with van der Waals surface area (Å²) in [6.45, 7) is 5.73. The largest absolute Gasteiger partial charge is 0.496 e. The maximum atomic E-state index is 6.62. The van der Waals surface area contributed by atoms with E-state index < -0.39 is 0 Å². The Hall–Kier alpha value is -1.06. The normalized spacial score (nSPS) is 24.7. The smallest absolute Gasteiger partial charge is 0.127 e. The van der Waals surface area contributed by atoms with Crippen LogP contribution in [-0.2, 0) is 10.3 Å². The lowest BCUT2D eigenvalue weighted by atomic mass is 9.82. The van der Waals surface area contributed by atoms with Crippen LogP contribution < -0.4 is 10.5 Å². The van der Waals surface area contributed by atoms with Gasteiger partial charge in [0.05, 0.1) is 7.11 Å². The van der Waals surface area contributed by atoms with Gasteiger partial charge in [0.15, 0.2) is 0 Å². The molecule has 1 aromatic carbocycles. The van der Waals surface area contributed by atoms with Crippen molar-refractivity contribution in [3.63, 3.8) is 0 Å². The summed E-state index contributed by atoms with van der Waals surface area (Å²) in [5.41, 5.74) is 9.85. The van der Waals surface area contributed by atoms with Gasteiger partial charge >= 0.3 is 0 Å². The molecule has 18 heavy (non-hydrogen) atoms. The Bertz CT molecular complexity index is 421. The highest BCUT2D eigenvalue weighted by Gasteiger charge is 2.32. The van der Waals surface area contributed by atoms with Gasteiger partial charge in [-0.2, -0.15) is 0 Å². The van der Waals surface area contributed by atoms with E-state index in [1.165, 1.54) is 11.1 Å². The van der Waals surface area contributed by atoms with Crippen LogP contribution >= 0.6 is 0 Å². The lowest BCUT2D eigenvalue weighted by molar-refractivity contribution is 0.139. The highest BCUT2D eigenvalue weighted by molar-refractivity contribution is 5.48. The van der Waals surface area contributed by atoms with Crippen LogP contribution in [0.4, 0.5) is 0 Å².